The Balaban J connectivity index is 0.000000360. The van der Waals surface area contributed by atoms with E-state index < -0.39 is 0 Å². The molecule has 3 heteroatoms. The molecule has 2 nitrogen and oxygen atoms in total. The van der Waals surface area contributed by atoms with E-state index in [4.69, 9.17) is 7.85 Å². The Bertz CT molecular complexity index is 116. The number of hydrogen-bond acceptors (Lipinski definition) is 1. The van der Waals surface area contributed by atoms with Crippen LogP contribution in [0.2, 0.25) is 0 Å². The smallest absolute Gasteiger partial charge is 0.167 e. The summed E-state index contributed by atoms with van der Waals surface area (Å²) < 4.78 is 0. The molecule has 0 saturated heterocycles. The predicted molar refractivity (Wildman–Crippen MR) is 26.1 cm³/mol. The van der Waals surface area contributed by atoms with Gasteiger partial charge in [0.2, 0.25) is 0 Å². The fraction of sp³-hybridized carbons (Fsp3) is 0. The Morgan fingerprint density at radius 2 is 2.83 bits per heavy atom. The van der Waals surface area contributed by atoms with Crippen LogP contribution in [0.15, 0.2) is 12.4 Å². The summed E-state index contributed by atoms with van der Waals surface area (Å²) in [6, 6.07) is 0. The van der Waals surface area contributed by atoms with Crippen LogP contribution in [0.5, 0.6) is 0 Å². The molecule has 0 unspecified atom stereocenters. The highest BCUT2D eigenvalue weighted by Gasteiger charge is 1.73. The average molecular weight is 79.9 g/mol. The van der Waals surface area contributed by atoms with E-state index in [2.05, 4.69) is 9.97 Å². The van der Waals surface area contributed by atoms with Gasteiger partial charge >= 0.3 is 0 Å². The van der Waals surface area contributed by atoms with Gasteiger partial charge in [0, 0.05) is 19.5 Å². The molecule has 1 heterocycles. The van der Waals surface area contributed by atoms with Gasteiger partial charge in [0.15, 0.2) is 7.85 Å². The van der Waals surface area contributed by atoms with E-state index in [9.17, 15) is 0 Å². The molecule has 2 radical (unpaired) electrons. The Kier molecular flexibility index (Phi) is 0.672. The second-order valence-electron chi connectivity index (χ2n) is 0.974. The van der Waals surface area contributed by atoms with Gasteiger partial charge in [-0.25, -0.2) is 0 Å². The standard InChI is InChI=1S/C3H3BN2.H2/c4-3-5-1-2-6-3;/h1-2H,(H,5,6);1H. The molecule has 0 saturated carbocycles. The monoisotopic (exact) mass is 80.1 g/mol. The summed E-state index contributed by atoms with van der Waals surface area (Å²) in [7, 11) is 5.11. The number of imidazole rings is 1. The first kappa shape index (κ1) is 3.46. The van der Waals surface area contributed by atoms with E-state index in [0.29, 0.717) is 5.72 Å². The van der Waals surface area contributed by atoms with Gasteiger partial charge in [-0.15, -0.1) is 0 Å². The van der Waals surface area contributed by atoms with Crippen molar-refractivity contribution in [2.24, 2.45) is 0 Å². The zero-order valence-electron chi connectivity index (χ0n) is 3.18. The van der Waals surface area contributed by atoms with E-state index in [0.717, 1.165) is 0 Å². The van der Waals surface area contributed by atoms with Crippen molar-refractivity contribution in [2.75, 3.05) is 0 Å². The second-order valence-corrected chi connectivity index (χ2v) is 0.974. The number of hydrogen-bond donors (Lipinski definition) is 1. The summed E-state index contributed by atoms with van der Waals surface area (Å²) in [5, 5.41) is 0. The molecule has 1 aromatic rings. The quantitative estimate of drug-likeness (QED) is 0.416. The lowest BCUT2D eigenvalue weighted by Crippen LogP contribution is -2.04. The fourth-order valence-corrected chi connectivity index (χ4v) is 0.277. The highest BCUT2D eigenvalue weighted by atomic mass is 14.9. The number of aromatic amines is 1. The molecule has 0 amide bonds. The van der Waals surface area contributed by atoms with E-state index >= 15 is 0 Å². The Morgan fingerprint density at radius 3 is 3.00 bits per heavy atom. The van der Waals surface area contributed by atoms with Crippen LogP contribution in [0, 0.1) is 0 Å². The molecule has 0 spiro atoms. The van der Waals surface area contributed by atoms with Crippen LogP contribution in [0.25, 0.3) is 0 Å². The maximum atomic E-state index is 5.11. The number of nitrogens with zero attached hydrogens (tertiary/aromatic N) is 1. The number of nitrogens with one attached hydrogen (secondary N) is 1. The first-order valence-electron chi connectivity index (χ1n) is 1.64. The lowest BCUT2D eigenvalue weighted by atomic mass is 10.1. The molecule has 0 fully saturated rings. The summed E-state index contributed by atoms with van der Waals surface area (Å²) in [4.78, 5) is 6.31. The van der Waals surface area contributed by atoms with Crippen LogP contribution < -0.4 is 5.72 Å². The van der Waals surface area contributed by atoms with Crippen molar-refractivity contribution in [1.29, 1.82) is 0 Å². The molecule has 1 N–H and O–H groups in total. The highest BCUT2D eigenvalue weighted by molar-refractivity contribution is 6.28. The van der Waals surface area contributed by atoms with Crippen molar-refractivity contribution in [3.63, 3.8) is 0 Å². The normalized spacial score (nSPS) is 8.67. The molecular formula is C3H5BN2. The molecular weight excluding hydrogens is 74.9 g/mol. The minimum absolute atomic E-state index is 0. The van der Waals surface area contributed by atoms with Gasteiger partial charge in [-0.05, 0) is 0 Å². The van der Waals surface area contributed by atoms with E-state index in [1.807, 2.05) is 0 Å². The van der Waals surface area contributed by atoms with Crippen molar-refractivity contribution >= 4 is 13.6 Å². The number of rotatable bonds is 0. The van der Waals surface area contributed by atoms with Crippen molar-refractivity contribution in [3.8, 4) is 0 Å². The maximum absolute atomic E-state index is 5.11. The van der Waals surface area contributed by atoms with Crippen molar-refractivity contribution in [2.45, 2.75) is 0 Å². The highest BCUT2D eigenvalue weighted by Crippen LogP contribution is 1.59. The zero-order chi connectivity index (χ0) is 4.41. The van der Waals surface area contributed by atoms with Gasteiger partial charge in [-0.1, -0.05) is 0 Å². The van der Waals surface area contributed by atoms with Gasteiger partial charge in [0.25, 0.3) is 0 Å². The predicted octanol–water partition coefficient (Wildman–Crippen LogP) is -0.551. The van der Waals surface area contributed by atoms with Crippen LogP contribution in [-0.4, -0.2) is 17.8 Å². The van der Waals surface area contributed by atoms with Crippen LogP contribution in [0.4, 0.5) is 0 Å². The molecule has 30 valence electrons. The third-order valence-corrected chi connectivity index (χ3v) is 0.519. The summed E-state index contributed by atoms with van der Waals surface area (Å²) in [5.41, 5.74) is 0.468. The summed E-state index contributed by atoms with van der Waals surface area (Å²) >= 11 is 0. The number of aromatic nitrogens is 2. The summed E-state index contributed by atoms with van der Waals surface area (Å²) in [5.74, 6) is 0. The first-order chi connectivity index (χ1) is 2.89. The third kappa shape index (κ3) is 0.430. The molecule has 0 aliphatic carbocycles. The van der Waals surface area contributed by atoms with Crippen molar-refractivity contribution in [1.82, 2.24) is 9.97 Å². The van der Waals surface area contributed by atoms with Crippen LogP contribution in [0.3, 0.4) is 0 Å². The topological polar surface area (TPSA) is 28.7 Å². The first-order valence-corrected chi connectivity index (χ1v) is 1.64. The van der Waals surface area contributed by atoms with Crippen molar-refractivity contribution in [3.05, 3.63) is 12.4 Å². The zero-order valence-corrected chi connectivity index (χ0v) is 3.18. The Labute approximate surface area is 38.5 Å². The van der Waals surface area contributed by atoms with Gasteiger partial charge < -0.3 is 4.98 Å². The second kappa shape index (κ2) is 1.16. The van der Waals surface area contributed by atoms with E-state index in [-0.39, 0.29) is 1.43 Å². The Hall–Kier alpha value is -0.725. The SMILES string of the molecule is [B]c1ncc[nH]1.[HH]. The minimum atomic E-state index is 0. The van der Waals surface area contributed by atoms with Gasteiger partial charge in [0.1, 0.15) is 0 Å². The maximum Gasteiger partial charge on any atom is 0.167 e. The molecule has 1 aromatic heterocycles. The lowest BCUT2D eigenvalue weighted by molar-refractivity contribution is 1.41. The average Bonchev–Trinajstić information content (AvgIpc) is 1.86. The minimum Gasteiger partial charge on any atom is -0.358 e. The lowest BCUT2D eigenvalue weighted by Gasteiger charge is -1.69. The van der Waals surface area contributed by atoms with E-state index in [1.54, 1.807) is 12.4 Å². The number of H-pyrrole nitrogens is 1. The molecule has 1 rings (SSSR count). The molecule has 0 aliphatic rings. The molecule has 0 aromatic carbocycles. The Morgan fingerprint density at radius 1 is 2.00 bits per heavy atom. The summed E-state index contributed by atoms with van der Waals surface area (Å²) in [6.45, 7) is 0. The largest absolute Gasteiger partial charge is 0.358 e. The third-order valence-electron chi connectivity index (χ3n) is 0.519. The van der Waals surface area contributed by atoms with Gasteiger partial charge in [-0.3, -0.25) is 4.98 Å². The van der Waals surface area contributed by atoms with Crippen LogP contribution in [-0.2, 0) is 0 Å². The van der Waals surface area contributed by atoms with Gasteiger partial charge in [0.05, 0.1) is 0 Å². The van der Waals surface area contributed by atoms with Crippen LogP contribution in [0.1, 0.15) is 1.43 Å². The molecule has 0 bridgehead atoms. The van der Waals surface area contributed by atoms with Crippen molar-refractivity contribution < 1.29 is 1.43 Å². The van der Waals surface area contributed by atoms with E-state index in [1.165, 1.54) is 0 Å². The molecule has 6 heavy (non-hydrogen) atoms. The molecule has 0 aliphatic heterocycles. The van der Waals surface area contributed by atoms with Crippen LogP contribution >= 0.6 is 0 Å². The summed E-state index contributed by atoms with van der Waals surface area (Å²) in [6.07, 6.45) is 3.28. The van der Waals surface area contributed by atoms with Gasteiger partial charge in [-0.2, -0.15) is 0 Å². The molecule has 0 atom stereocenters. The fourth-order valence-electron chi connectivity index (χ4n) is 0.277.